The molecule has 8 nitrogen and oxygen atoms in total. The van der Waals surface area contributed by atoms with Crippen molar-refractivity contribution in [3.8, 4) is 0 Å². The summed E-state index contributed by atoms with van der Waals surface area (Å²) < 4.78 is 30.1. The molecule has 2 heterocycles. The number of ether oxygens (including phenoxy) is 1. The monoisotopic (exact) mass is 644 g/mol. The van der Waals surface area contributed by atoms with Crippen LogP contribution in [0, 0.1) is 18.7 Å². The largest absolute Gasteiger partial charge is 0.447 e. The summed E-state index contributed by atoms with van der Waals surface area (Å²) in [4.78, 5) is 28.6. The number of halogens is 1. The molecule has 5 rings (SSSR count). The van der Waals surface area contributed by atoms with Crippen molar-refractivity contribution in [1.82, 2.24) is 19.9 Å². The van der Waals surface area contributed by atoms with Gasteiger partial charge in [-0.05, 0) is 72.3 Å². The minimum atomic E-state index is -2.05. The molecule has 0 saturated carbocycles. The fraction of sp³-hybridized carbons (Fsp3) is 0.444. The summed E-state index contributed by atoms with van der Waals surface area (Å²) in [7, 11) is -2.05. The van der Waals surface area contributed by atoms with Crippen molar-refractivity contribution in [3.63, 3.8) is 0 Å². The zero-order valence-corrected chi connectivity index (χ0v) is 29.1. The van der Waals surface area contributed by atoms with E-state index in [1.54, 1.807) is 23.7 Å². The molecule has 3 aromatic carbocycles. The molecule has 0 bridgehead atoms. The van der Waals surface area contributed by atoms with Crippen molar-refractivity contribution in [3.05, 3.63) is 94.3 Å². The molecule has 1 aromatic heterocycles. The first-order valence-corrected chi connectivity index (χ1v) is 18.9. The van der Waals surface area contributed by atoms with Gasteiger partial charge in [-0.25, -0.2) is 18.8 Å². The van der Waals surface area contributed by atoms with E-state index in [4.69, 9.17) is 9.16 Å². The van der Waals surface area contributed by atoms with E-state index in [1.165, 1.54) is 4.90 Å². The molecule has 1 aliphatic heterocycles. The Balaban J connectivity index is 1.56. The van der Waals surface area contributed by atoms with Crippen LogP contribution in [-0.4, -0.2) is 52.9 Å². The number of carbonyl (C=O) groups excluding carboxylic acids is 2. The summed E-state index contributed by atoms with van der Waals surface area (Å²) in [5.74, 6) is -2.47. The minimum absolute atomic E-state index is 0.0388. The molecule has 1 aliphatic rings. The van der Waals surface area contributed by atoms with Crippen LogP contribution in [0.3, 0.4) is 0 Å². The summed E-state index contributed by atoms with van der Waals surface area (Å²) >= 11 is 0. The molecular formula is C36H45FN4O4Si. The standard InChI is InChI=1S/C36H45FN4O4Si/c1-9-40-30-18-17-29(32(37)33(30)38-39-40)31(26-16-15-23(2)27(20-26)21-45-46(7,8)36(4,5)6)24(3)34(42)41-28(22-44-35(41)43)19-25-13-11-10-12-14-25/h10-18,20,24,28,31H,9,19,21-22H2,1-8H3/t24-,28-,31+/m1/s1. The fourth-order valence-corrected chi connectivity index (χ4v) is 6.82. The van der Waals surface area contributed by atoms with Crippen LogP contribution in [0.1, 0.15) is 68.4 Å². The number of fused-ring (bicyclic) bond motifs is 1. The summed E-state index contributed by atoms with van der Waals surface area (Å²) in [6.07, 6.45) is -0.207. The molecule has 10 heteroatoms. The van der Waals surface area contributed by atoms with E-state index in [2.05, 4.69) is 44.2 Å². The van der Waals surface area contributed by atoms with Gasteiger partial charge in [-0.15, -0.1) is 5.10 Å². The van der Waals surface area contributed by atoms with Crippen molar-refractivity contribution < 1.29 is 23.1 Å². The average Bonchev–Trinajstić information content (AvgIpc) is 3.61. The van der Waals surface area contributed by atoms with E-state index in [0.29, 0.717) is 30.7 Å². The Hall–Kier alpha value is -3.89. The molecule has 0 unspecified atom stereocenters. The first-order valence-electron chi connectivity index (χ1n) is 16.0. The summed E-state index contributed by atoms with van der Waals surface area (Å²) in [6.45, 7) is 17.8. The zero-order valence-electron chi connectivity index (χ0n) is 28.1. The molecular weight excluding hydrogens is 600 g/mol. The number of amides is 2. The van der Waals surface area contributed by atoms with Crippen molar-refractivity contribution in [1.29, 1.82) is 0 Å². The van der Waals surface area contributed by atoms with Crippen LogP contribution in [0.5, 0.6) is 0 Å². The number of nitrogens with zero attached hydrogens (tertiary/aromatic N) is 4. The van der Waals surface area contributed by atoms with E-state index < -0.39 is 44.0 Å². The third-order valence-corrected chi connectivity index (χ3v) is 14.3. The molecule has 3 atom stereocenters. The number of aryl methyl sites for hydroxylation is 2. The third kappa shape index (κ3) is 6.50. The van der Waals surface area contributed by atoms with Crippen LogP contribution in [0.25, 0.3) is 11.0 Å². The first-order chi connectivity index (χ1) is 21.7. The summed E-state index contributed by atoms with van der Waals surface area (Å²) in [5.41, 5.74) is 4.84. The van der Waals surface area contributed by atoms with Gasteiger partial charge in [0.05, 0.1) is 18.2 Å². The second kappa shape index (κ2) is 13.1. The lowest BCUT2D eigenvalue weighted by Crippen LogP contribution is -2.44. The maximum Gasteiger partial charge on any atom is 0.416 e. The maximum absolute atomic E-state index is 16.5. The Morgan fingerprint density at radius 3 is 2.52 bits per heavy atom. The lowest BCUT2D eigenvalue weighted by molar-refractivity contribution is -0.133. The van der Waals surface area contributed by atoms with Crippen molar-refractivity contribution >= 4 is 31.4 Å². The van der Waals surface area contributed by atoms with Crippen molar-refractivity contribution in [2.24, 2.45) is 5.92 Å². The average molecular weight is 645 g/mol. The van der Waals surface area contributed by atoms with Crippen LogP contribution < -0.4 is 0 Å². The third-order valence-electron chi connectivity index (χ3n) is 9.82. The highest BCUT2D eigenvalue weighted by Crippen LogP contribution is 2.40. The highest BCUT2D eigenvalue weighted by molar-refractivity contribution is 6.74. The van der Waals surface area contributed by atoms with Crippen molar-refractivity contribution in [2.45, 2.75) is 91.2 Å². The van der Waals surface area contributed by atoms with Gasteiger partial charge in [0.1, 0.15) is 12.1 Å². The van der Waals surface area contributed by atoms with E-state index in [-0.39, 0.29) is 17.2 Å². The Kier molecular flexibility index (Phi) is 9.52. The predicted octanol–water partition coefficient (Wildman–Crippen LogP) is 7.78. The quantitative estimate of drug-likeness (QED) is 0.164. The van der Waals surface area contributed by atoms with Gasteiger partial charge in [0, 0.05) is 18.4 Å². The number of imide groups is 1. The fourth-order valence-electron chi connectivity index (χ4n) is 5.88. The molecule has 1 saturated heterocycles. The Morgan fingerprint density at radius 1 is 1.13 bits per heavy atom. The van der Waals surface area contributed by atoms with Crippen LogP contribution >= 0.6 is 0 Å². The van der Waals surface area contributed by atoms with Crippen LogP contribution in [-0.2, 0) is 33.5 Å². The zero-order chi connectivity index (χ0) is 33.4. The maximum atomic E-state index is 16.5. The molecule has 244 valence electrons. The van der Waals surface area contributed by atoms with Gasteiger partial charge < -0.3 is 9.16 Å². The van der Waals surface area contributed by atoms with Gasteiger partial charge in [-0.2, -0.15) is 0 Å². The Morgan fingerprint density at radius 2 is 1.85 bits per heavy atom. The molecule has 2 amide bonds. The van der Waals surface area contributed by atoms with Crippen LogP contribution in [0.15, 0.2) is 60.7 Å². The van der Waals surface area contributed by atoms with Crippen LogP contribution in [0.4, 0.5) is 9.18 Å². The molecule has 46 heavy (non-hydrogen) atoms. The lowest BCUT2D eigenvalue weighted by atomic mass is 9.79. The van der Waals surface area contributed by atoms with Gasteiger partial charge in [0.15, 0.2) is 14.1 Å². The lowest BCUT2D eigenvalue weighted by Gasteiger charge is -2.36. The number of hydrogen-bond donors (Lipinski definition) is 0. The first kappa shape index (κ1) is 33.5. The highest BCUT2D eigenvalue weighted by Gasteiger charge is 2.43. The number of rotatable bonds is 10. The molecule has 4 aromatic rings. The number of carbonyl (C=O) groups is 2. The topological polar surface area (TPSA) is 86.5 Å². The smallest absolute Gasteiger partial charge is 0.416 e. The number of aromatic nitrogens is 3. The van der Waals surface area contributed by atoms with Gasteiger partial charge >= 0.3 is 6.09 Å². The van der Waals surface area contributed by atoms with Crippen LogP contribution in [0.2, 0.25) is 18.1 Å². The highest BCUT2D eigenvalue weighted by atomic mass is 28.4. The van der Waals surface area contributed by atoms with E-state index >= 15 is 4.39 Å². The van der Waals surface area contributed by atoms with E-state index in [0.717, 1.165) is 22.3 Å². The summed E-state index contributed by atoms with van der Waals surface area (Å²) in [5, 5.41) is 8.30. The van der Waals surface area contributed by atoms with E-state index in [1.807, 2.05) is 62.4 Å². The van der Waals surface area contributed by atoms with Crippen molar-refractivity contribution in [2.75, 3.05) is 6.61 Å². The normalized spacial score (nSPS) is 16.9. The Bertz CT molecular complexity index is 1730. The molecule has 0 aliphatic carbocycles. The number of hydrogen-bond acceptors (Lipinski definition) is 6. The van der Waals surface area contributed by atoms with Gasteiger partial charge in [0.2, 0.25) is 5.91 Å². The molecule has 0 spiro atoms. The second-order valence-corrected chi connectivity index (χ2v) is 18.7. The number of benzene rings is 3. The van der Waals surface area contributed by atoms with Gasteiger partial charge in [-0.3, -0.25) is 4.79 Å². The van der Waals surface area contributed by atoms with Gasteiger partial charge in [0.25, 0.3) is 0 Å². The van der Waals surface area contributed by atoms with E-state index in [9.17, 15) is 9.59 Å². The second-order valence-electron chi connectivity index (χ2n) is 13.9. The molecule has 1 fully saturated rings. The molecule has 0 N–H and O–H groups in total. The van der Waals surface area contributed by atoms with Gasteiger partial charge in [-0.1, -0.05) is 87.5 Å². The minimum Gasteiger partial charge on any atom is -0.447 e. The number of cyclic esters (lactones) is 1. The summed E-state index contributed by atoms with van der Waals surface area (Å²) in [6, 6.07) is 18.7. The predicted molar refractivity (Wildman–Crippen MR) is 179 cm³/mol. The molecule has 0 radical (unpaired) electrons. The SMILES string of the molecule is CCn1nnc2c(F)c([C@H](c3ccc(C)c(CO[Si](C)(C)C(C)(C)C)c3)[C@@H](C)C(=O)N3C(=O)OC[C@H]3Cc3ccccc3)ccc21. The Labute approximate surface area is 272 Å².